The number of amides is 1. The highest BCUT2D eigenvalue weighted by Gasteiger charge is 2.10. The molecule has 0 aromatic carbocycles. The number of aromatic nitrogens is 1. The van der Waals surface area contributed by atoms with Crippen molar-refractivity contribution < 1.29 is 19.4 Å². The number of carbonyl (C=O) groups excluding carboxylic acids is 1. The van der Waals surface area contributed by atoms with Gasteiger partial charge in [0.2, 0.25) is 5.88 Å². The van der Waals surface area contributed by atoms with Gasteiger partial charge in [-0.2, -0.15) is 0 Å². The molecule has 0 aliphatic carbocycles. The van der Waals surface area contributed by atoms with Crippen molar-refractivity contribution >= 4 is 23.5 Å². The van der Waals surface area contributed by atoms with E-state index < -0.39 is 5.97 Å². The van der Waals surface area contributed by atoms with Crippen molar-refractivity contribution in [3.8, 4) is 5.88 Å². The van der Waals surface area contributed by atoms with Crippen LogP contribution in [0, 0.1) is 0 Å². The lowest BCUT2D eigenvalue weighted by molar-refractivity contribution is -0.137. The molecule has 122 valence electrons. The fourth-order valence-corrected chi connectivity index (χ4v) is 2.07. The summed E-state index contributed by atoms with van der Waals surface area (Å²) in [4.78, 5) is 26.3. The fraction of sp³-hybridized carbons (Fsp3) is 0.533. The monoisotopic (exact) mass is 328 g/mol. The lowest BCUT2D eigenvalue weighted by Gasteiger charge is -2.07. The number of halogens is 1. The lowest BCUT2D eigenvalue weighted by atomic mass is 10.1. The zero-order valence-electron chi connectivity index (χ0n) is 12.6. The molecule has 2 N–H and O–H groups in total. The molecule has 0 unspecified atom stereocenters. The average molecular weight is 329 g/mol. The molecule has 0 radical (unpaired) electrons. The molecule has 1 aromatic heterocycles. The standard InChI is InChI=1S/C15H21ClN2O4/c1-2-22-15-12(16)9-11(10-18-15)14(21)17-8-6-4-3-5-7-13(19)20/h9-10H,2-8H2,1H3,(H,17,21)(H,19,20). The molecule has 0 bridgehead atoms. The van der Waals surface area contributed by atoms with E-state index in [2.05, 4.69) is 10.3 Å². The molecule has 1 rings (SSSR count). The zero-order chi connectivity index (χ0) is 16.4. The molecule has 1 amide bonds. The molecule has 0 fully saturated rings. The number of unbranched alkanes of at least 4 members (excludes halogenated alkanes) is 3. The zero-order valence-corrected chi connectivity index (χ0v) is 13.4. The number of aliphatic carboxylic acids is 1. The van der Waals surface area contributed by atoms with Gasteiger partial charge >= 0.3 is 5.97 Å². The molecule has 1 heterocycles. The summed E-state index contributed by atoms with van der Waals surface area (Å²) < 4.78 is 5.21. The minimum Gasteiger partial charge on any atom is -0.481 e. The second-order valence-electron chi connectivity index (χ2n) is 4.76. The van der Waals surface area contributed by atoms with Gasteiger partial charge in [0.05, 0.1) is 12.2 Å². The maximum atomic E-state index is 11.9. The molecule has 6 nitrogen and oxygen atoms in total. The largest absolute Gasteiger partial charge is 0.481 e. The van der Waals surface area contributed by atoms with Crippen molar-refractivity contribution in [2.45, 2.75) is 39.0 Å². The molecule has 0 spiro atoms. The first kappa shape index (κ1) is 18.2. The molecule has 0 saturated heterocycles. The van der Waals surface area contributed by atoms with E-state index in [0.717, 1.165) is 19.3 Å². The van der Waals surface area contributed by atoms with Crippen LogP contribution in [0.5, 0.6) is 5.88 Å². The van der Waals surface area contributed by atoms with Gasteiger partial charge in [-0.05, 0) is 25.8 Å². The second kappa shape index (κ2) is 10.00. The van der Waals surface area contributed by atoms with Crippen LogP contribution in [-0.2, 0) is 4.79 Å². The number of pyridine rings is 1. The fourth-order valence-electron chi connectivity index (χ4n) is 1.85. The number of nitrogens with one attached hydrogen (secondary N) is 1. The lowest BCUT2D eigenvalue weighted by Crippen LogP contribution is -2.24. The number of rotatable bonds is 10. The van der Waals surface area contributed by atoms with Crippen molar-refractivity contribution in [1.29, 1.82) is 0 Å². The van der Waals surface area contributed by atoms with Crippen LogP contribution in [-0.4, -0.2) is 35.1 Å². The highest BCUT2D eigenvalue weighted by atomic mass is 35.5. The average Bonchev–Trinajstić information content (AvgIpc) is 2.48. The van der Waals surface area contributed by atoms with Crippen LogP contribution in [0.4, 0.5) is 0 Å². The summed E-state index contributed by atoms with van der Waals surface area (Å²) in [6.45, 7) is 2.83. The molecule has 1 aromatic rings. The van der Waals surface area contributed by atoms with Crippen LogP contribution >= 0.6 is 11.6 Å². The van der Waals surface area contributed by atoms with Gasteiger partial charge in [-0.3, -0.25) is 9.59 Å². The van der Waals surface area contributed by atoms with Gasteiger partial charge < -0.3 is 15.2 Å². The van der Waals surface area contributed by atoms with Crippen molar-refractivity contribution in [2.75, 3.05) is 13.2 Å². The first-order valence-electron chi connectivity index (χ1n) is 7.33. The third-order valence-electron chi connectivity index (χ3n) is 2.95. The van der Waals surface area contributed by atoms with E-state index in [-0.39, 0.29) is 12.3 Å². The van der Waals surface area contributed by atoms with E-state index in [1.165, 1.54) is 12.3 Å². The number of carbonyl (C=O) groups is 2. The molecule has 0 aliphatic rings. The summed E-state index contributed by atoms with van der Waals surface area (Å²) in [5.74, 6) is -0.685. The number of hydrogen-bond donors (Lipinski definition) is 2. The minimum absolute atomic E-state index is 0.197. The molecule has 0 aliphatic heterocycles. The van der Waals surface area contributed by atoms with Gasteiger partial charge in [0.1, 0.15) is 5.02 Å². The quantitative estimate of drug-likeness (QED) is 0.645. The van der Waals surface area contributed by atoms with Crippen LogP contribution in [0.15, 0.2) is 12.3 Å². The Morgan fingerprint density at radius 2 is 2.05 bits per heavy atom. The molecular weight excluding hydrogens is 308 g/mol. The van der Waals surface area contributed by atoms with E-state index >= 15 is 0 Å². The Morgan fingerprint density at radius 1 is 1.32 bits per heavy atom. The van der Waals surface area contributed by atoms with E-state index in [1.54, 1.807) is 0 Å². The van der Waals surface area contributed by atoms with Gasteiger partial charge in [-0.25, -0.2) is 4.98 Å². The predicted octanol–water partition coefficient (Wildman–Crippen LogP) is 2.90. The first-order chi connectivity index (χ1) is 10.5. The number of carboxylic acids is 1. The smallest absolute Gasteiger partial charge is 0.303 e. The summed E-state index contributed by atoms with van der Waals surface area (Å²) in [5.41, 5.74) is 0.388. The molecule has 22 heavy (non-hydrogen) atoms. The maximum absolute atomic E-state index is 11.9. The van der Waals surface area contributed by atoms with Crippen LogP contribution < -0.4 is 10.1 Å². The summed E-state index contributed by atoms with van der Waals surface area (Å²) >= 11 is 5.98. The van der Waals surface area contributed by atoms with E-state index in [4.69, 9.17) is 21.4 Å². The summed E-state index contributed by atoms with van der Waals surface area (Å²) in [7, 11) is 0. The maximum Gasteiger partial charge on any atom is 0.303 e. The van der Waals surface area contributed by atoms with Gasteiger partial charge in [-0.15, -0.1) is 0 Å². The molecule has 0 saturated carbocycles. The molecule has 0 atom stereocenters. The third-order valence-corrected chi connectivity index (χ3v) is 3.22. The minimum atomic E-state index is -0.770. The molecule has 7 heteroatoms. The third kappa shape index (κ3) is 6.76. The van der Waals surface area contributed by atoms with Crippen LogP contribution in [0.1, 0.15) is 49.4 Å². The van der Waals surface area contributed by atoms with Gasteiger partial charge in [0.25, 0.3) is 5.91 Å². The summed E-state index contributed by atoms with van der Waals surface area (Å²) in [5, 5.41) is 11.6. The SMILES string of the molecule is CCOc1ncc(C(=O)NCCCCCCC(=O)O)cc1Cl. The van der Waals surface area contributed by atoms with Gasteiger partial charge in [-0.1, -0.05) is 24.4 Å². The summed E-state index contributed by atoms with van der Waals surface area (Å²) in [6.07, 6.45) is 4.83. The van der Waals surface area contributed by atoms with E-state index in [0.29, 0.717) is 36.0 Å². The summed E-state index contributed by atoms with van der Waals surface area (Å²) in [6, 6.07) is 1.53. The first-order valence-corrected chi connectivity index (χ1v) is 7.70. The topological polar surface area (TPSA) is 88.5 Å². The van der Waals surface area contributed by atoms with Gasteiger partial charge in [0.15, 0.2) is 0 Å². The normalized spacial score (nSPS) is 10.3. The Labute approximate surface area is 134 Å². The number of ether oxygens (including phenoxy) is 1. The Kier molecular flexibility index (Phi) is 8.28. The van der Waals surface area contributed by atoms with Crippen LogP contribution in [0.2, 0.25) is 5.02 Å². The highest BCUT2D eigenvalue weighted by molar-refractivity contribution is 6.32. The Hall–Kier alpha value is -1.82. The Balaban J connectivity index is 2.28. The van der Waals surface area contributed by atoms with E-state index in [9.17, 15) is 9.59 Å². The van der Waals surface area contributed by atoms with Crippen LogP contribution in [0.25, 0.3) is 0 Å². The molecular formula is C15H21ClN2O4. The Bertz CT molecular complexity index is 508. The number of carboxylic acid groups (broad SMARTS) is 1. The number of hydrogen-bond acceptors (Lipinski definition) is 4. The predicted molar refractivity (Wildman–Crippen MR) is 83.5 cm³/mol. The van der Waals surface area contributed by atoms with Crippen molar-refractivity contribution in [2.24, 2.45) is 0 Å². The second-order valence-corrected chi connectivity index (χ2v) is 5.17. The van der Waals surface area contributed by atoms with Gasteiger partial charge in [0, 0.05) is 19.2 Å². The number of nitrogens with zero attached hydrogens (tertiary/aromatic N) is 1. The van der Waals surface area contributed by atoms with Crippen LogP contribution in [0.3, 0.4) is 0 Å². The Morgan fingerprint density at radius 3 is 2.68 bits per heavy atom. The van der Waals surface area contributed by atoms with Crippen molar-refractivity contribution in [3.63, 3.8) is 0 Å². The van der Waals surface area contributed by atoms with Crippen molar-refractivity contribution in [3.05, 3.63) is 22.8 Å². The van der Waals surface area contributed by atoms with Crippen molar-refractivity contribution in [1.82, 2.24) is 10.3 Å². The highest BCUT2D eigenvalue weighted by Crippen LogP contribution is 2.22. The van der Waals surface area contributed by atoms with E-state index in [1.807, 2.05) is 6.92 Å².